The Bertz CT molecular complexity index is 784. The molecule has 0 fully saturated rings. The van der Waals surface area contributed by atoms with Crippen LogP contribution >= 0.6 is 27.5 Å². The number of nitrogens with two attached hydrogens (primary N) is 1. The minimum absolute atomic E-state index is 0.0494. The molecule has 0 atom stereocenters. The van der Waals surface area contributed by atoms with Gasteiger partial charge in [-0.1, -0.05) is 27.5 Å². The van der Waals surface area contributed by atoms with Crippen molar-refractivity contribution < 1.29 is 12.8 Å². The topological polar surface area (TPSA) is 72.2 Å². The fraction of sp³-hybridized carbons (Fsp3) is 0.0769. The summed E-state index contributed by atoms with van der Waals surface area (Å²) < 4.78 is 40.5. The number of rotatable bonds is 4. The molecule has 0 aliphatic carbocycles. The van der Waals surface area contributed by atoms with Crippen LogP contribution in [0.1, 0.15) is 5.56 Å². The highest BCUT2D eigenvalue weighted by Crippen LogP contribution is 2.23. The van der Waals surface area contributed by atoms with Gasteiger partial charge in [0.05, 0.1) is 5.69 Å². The lowest BCUT2D eigenvalue weighted by Gasteiger charge is -2.10. The largest absolute Gasteiger partial charge is 0.398 e. The fourth-order valence-electron chi connectivity index (χ4n) is 1.69. The first kappa shape index (κ1) is 16.2. The smallest absolute Gasteiger partial charge is 0.242 e. The van der Waals surface area contributed by atoms with Gasteiger partial charge in [0, 0.05) is 16.0 Å². The van der Waals surface area contributed by atoms with Crippen LogP contribution in [0.3, 0.4) is 0 Å². The standard InChI is InChI=1S/C13H11BrClFN2O2S/c14-11-3-2-10(16)5-8(11)7-18-21(19,20)13-4-1-9(15)6-12(13)17/h1-6,18H,7,17H2. The highest BCUT2D eigenvalue weighted by molar-refractivity contribution is 9.10. The van der Waals surface area contributed by atoms with E-state index in [-0.39, 0.29) is 17.1 Å². The number of hydrogen-bond acceptors (Lipinski definition) is 3. The maximum Gasteiger partial charge on any atom is 0.242 e. The second-order valence-corrected chi connectivity index (χ2v) is 7.27. The second kappa shape index (κ2) is 6.31. The second-order valence-electron chi connectivity index (χ2n) is 4.24. The lowest BCUT2D eigenvalue weighted by Crippen LogP contribution is -2.24. The molecule has 0 radical (unpaired) electrons. The summed E-state index contributed by atoms with van der Waals surface area (Å²) in [5.74, 6) is -0.446. The predicted molar refractivity (Wildman–Crippen MR) is 84.0 cm³/mol. The van der Waals surface area contributed by atoms with Gasteiger partial charge in [0.15, 0.2) is 0 Å². The Hall–Kier alpha value is -1.15. The van der Waals surface area contributed by atoms with Crippen LogP contribution in [0.4, 0.5) is 10.1 Å². The molecule has 0 aromatic heterocycles. The summed E-state index contributed by atoms with van der Waals surface area (Å²) in [6.07, 6.45) is 0. The van der Waals surface area contributed by atoms with E-state index < -0.39 is 15.8 Å². The van der Waals surface area contributed by atoms with Gasteiger partial charge in [-0.3, -0.25) is 0 Å². The minimum Gasteiger partial charge on any atom is -0.398 e. The SMILES string of the molecule is Nc1cc(Cl)ccc1S(=O)(=O)NCc1cc(F)ccc1Br. The third-order valence-corrected chi connectivity index (χ3v) is 5.21. The van der Waals surface area contributed by atoms with Crippen molar-refractivity contribution in [3.05, 3.63) is 57.3 Å². The summed E-state index contributed by atoms with van der Waals surface area (Å²) in [6, 6.07) is 8.14. The monoisotopic (exact) mass is 392 g/mol. The van der Waals surface area contributed by atoms with Crippen LogP contribution in [-0.4, -0.2) is 8.42 Å². The number of nitrogen functional groups attached to an aromatic ring is 1. The van der Waals surface area contributed by atoms with Crippen LogP contribution < -0.4 is 10.5 Å². The fourth-order valence-corrected chi connectivity index (χ4v) is 3.38. The lowest BCUT2D eigenvalue weighted by atomic mass is 10.2. The molecule has 0 saturated carbocycles. The Labute approximate surface area is 135 Å². The first-order valence-electron chi connectivity index (χ1n) is 5.78. The zero-order valence-electron chi connectivity index (χ0n) is 10.6. The minimum atomic E-state index is -3.81. The summed E-state index contributed by atoms with van der Waals surface area (Å²) in [7, 11) is -3.81. The number of benzene rings is 2. The maximum absolute atomic E-state index is 13.2. The molecule has 0 aliphatic heterocycles. The summed E-state index contributed by atoms with van der Waals surface area (Å²) >= 11 is 8.97. The third kappa shape index (κ3) is 3.94. The maximum atomic E-state index is 13.2. The van der Waals surface area contributed by atoms with E-state index in [4.69, 9.17) is 17.3 Å². The molecule has 0 heterocycles. The lowest BCUT2D eigenvalue weighted by molar-refractivity contribution is 0.580. The van der Waals surface area contributed by atoms with E-state index in [0.29, 0.717) is 15.1 Å². The molecule has 21 heavy (non-hydrogen) atoms. The number of nitrogens with one attached hydrogen (secondary N) is 1. The summed E-state index contributed by atoms with van der Waals surface area (Å²) in [6.45, 7) is -0.0667. The van der Waals surface area contributed by atoms with Gasteiger partial charge in [0.2, 0.25) is 10.0 Å². The van der Waals surface area contributed by atoms with Crippen LogP contribution in [0.5, 0.6) is 0 Å². The molecule has 0 bridgehead atoms. The van der Waals surface area contributed by atoms with Gasteiger partial charge in [0.25, 0.3) is 0 Å². The van der Waals surface area contributed by atoms with Gasteiger partial charge in [-0.05, 0) is 42.0 Å². The van der Waals surface area contributed by atoms with Gasteiger partial charge < -0.3 is 5.73 Å². The average Bonchev–Trinajstić information content (AvgIpc) is 2.39. The number of sulfonamides is 1. The van der Waals surface area contributed by atoms with Gasteiger partial charge in [-0.25, -0.2) is 17.5 Å². The van der Waals surface area contributed by atoms with Crippen LogP contribution in [0.15, 0.2) is 45.8 Å². The van der Waals surface area contributed by atoms with Gasteiger partial charge in [-0.2, -0.15) is 0 Å². The van der Waals surface area contributed by atoms with Crippen LogP contribution in [0.25, 0.3) is 0 Å². The molecule has 8 heteroatoms. The Kier molecular flexibility index (Phi) is 4.88. The number of hydrogen-bond donors (Lipinski definition) is 2. The molecule has 4 nitrogen and oxygen atoms in total. The van der Waals surface area contributed by atoms with Crippen molar-refractivity contribution in [2.75, 3.05) is 5.73 Å². The molecular formula is C13H11BrClFN2O2S. The molecule has 2 aromatic rings. The molecule has 3 N–H and O–H groups in total. The molecule has 0 unspecified atom stereocenters. The normalized spacial score (nSPS) is 11.6. The quantitative estimate of drug-likeness (QED) is 0.783. The van der Waals surface area contributed by atoms with E-state index in [9.17, 15) is 12.8 Å². The van der Waals surface area contributed by atoms with Crippen LogP contribution in [0, 0.1) is 5.82 Å². The van der Waals surface area contributed by atoms with Crippen molar-refractivity contribution >= 4 is 43.2 Å². The Balaban J connectivity index is 2.24. The van der Waals surface area contributed by atoms with E-state index in [2.05, 4.69) is 20.7 Å². The molecule has 112 valence electrons. The average molecular weight is 394 g/mol. The molecule has 0 saturated heterocycles. The van der Waals surface area contributed by atoms with E-state index in [1.807, 2.05) is 0 Å². The molecule has 0 aliphatic rings. The molecule has 2 rings (SSSR count). The molecule has 0 spiro atoms. The van der Waals surface area contributed by atoms with Gasteiger partial charge in [0.1, 0.15) is 10.7 Å². The number of halogens is 3. The molecule has 2 aromatic carbocycles. The van der Waals surface area contributed by atoms with Gasteiger partial charge in [-0.15, -0.1) is 0 Å². The Morgan fingerprint density at radius 1 is 1.24 bits per heavy atom. The van der Waals surface area contributed by atoms with Crippen molar-refractivity contribution in [2.24, 2.45) is 0 Å². The molecular weight excluding hydrogens is 383 g/mol. The van der Waals surface area contributed by atoms with E-state index >= 15 is 0 Å². The summed E-state index contributed by atoms with van der Waals surface area (Å²) in [4.78, 5) is -0.0700. The van der Waals surface area contributed by atoms with Gasteiger partial charge >= 0.3 is 0 Å². The van der Waals surface area contributed by atoms with Crippen LogP contribution in [0.2, 0.25) is 5.02 Å². The van der Waals surface area contributed by atoms with E-state index in [1.165, 1.54) is 36.4 Å². The Morgan fingerprint density at radius 3 is 2.62 bits per heavy atom. The van der Waals surface area contributed by atoms with Crippen molar-refractivity contribution in [2.45, 2.75) is 11.4 Å². The highest BCUT2D eigenvalue weighted by atomic mass is 79.9. The zero-order chi connectivity index (χ0) is 15.6. The van der Waals surface area contributed by atoms with E-state index in [0.717, 1.165) is 0 Å². The summed E-state index contributed by atoms with van der Waals surface area (Å²) in [5, 5.41) is 0.347. The first-order valence-corrected chi connectivity index (χ1v) is 8.43. The zero-order valence-corrected chi connectivity index (χ0v) is 13.8. The van der Waals surface area contributed by atoms with Crippen molar-refractivity contribution in [1.82, 2.24) is 4.72 Å². The van der Waals surface area contributed by atoms with Crippen molar-refractivity contribution in [1.29, 1.82) is 0 Å². The molecule has 0 amide bonds. The van der Waals surface area contributed by atoms with Crippen LogP contribution in [-0.2, 0) is 16.6 Å². The van der Waals surface area contributed by atoms with Crippen molar-refractivity contribution in [3.8, 4) is 0 Å². The first-order chi connectivity index (χ1) is 9.79. The Morgan fingerprint density at radius 2 is 1.95 bits per heavy atom. The summed E-state index contributed by atoms with van der Waals surface area (Å²) in [5.41, 5.74) is 6.18. The number of anilines is 1. The van der Waals surface area contributed by atoms with Crippen molar-refractivity contribution in [3.63, 3.8) is 0 Å². The van der Waals surface area contributed by atoms with E-state index in [1.54, 1.807) is 0 Å². The highest BCUT2D eigenvalue weighted by Gasteiger charge is 2.18. The predicted octanol–water partition coefficient (Wildman–Crippen LogP) is 3.30. The third-order valence-electron chi connectivity index (χ3n) is 2.72.